The highest BCUT2D eigenvalue weighted by Crippen LogP contribution is 2.39. The fourth-order valence-corrected chi connectivity index (χ4v) is 5.78. The molecule has 124 valence electrons. The van der Waals surface area contributed by atoms with Gasteiger partial charge < -0.3 is 5.32 Å². The van der Waals surface area contributed by atoms with Crippen molar-refractivity contribution in [2.24, 2.45) is 0 Å². The van der Waals surface area contributed by atoms with Gasteiger partial charge >= 0.3 is 0 Å². The number of hydrogen-bond donors (Lipinski definition) is 1. The zero-order chi connectivity index (χ0) is 15.7. The van der Waals surface area contributed by atoms with Crippen LogP contribution in [0.4, 0.5) is 0 Å². The first kappa shape index (κ1) is 19.2. The van der Waals surface area contributed by atoms with Crippen LogP contribution in [0.5, 0.6) is 0 Å². The molecular weight excluding hydrogens is 300 g/mol. The molecule has 0 aromatic heterocycles. The largest absolute Gasteiger partial charge is 0.355 e. The second kappa shape index (κ2) is 10.8. The first-order valence-corrected chi connectivity index (χ1v) is 10.7. The van der Waals surface area contributed by atoms with Crippen molar-refractivity contribution in [2.45, 2.75) is 77.1 Å². The molecule has 0 aromatic rings. The number of rotatable bonds is 10. The monoisotopic (exact) mass is 332 g/mol. The van der Waals surface area contributed by atoms with Crippen LogP contribution in [0.1, 0.15) is 59.8 Å². The van der Waals surface area contributed by atoms with Crippen LogP contribution < -0.4 is 5.32 Å². The molecule has 0 spiro atoms. The summed E-state index contributed by atoms with van der Waals surface area (Å²) in [6, 6.07) is 1.06. The molecular formula is C16H32N2OS2. The molecule has 1 unspecified atom stereocenters. The van der Waals surface area contributed by atoms with Crippen LogP contribution in [0.3, 0.4) is 0 Å². The summed E-state index contributed by atoms with van der Waals surface area (Å²) >= 11 is 0. The molecule has 1 aliphatic heterocycles. The second-order valence-corrected chi connectivity index (χ2v) is 9.14. The molecule has 3 nitrogen and oxygen atoms in total. The van der Waals surface area contributed by atoms with Gasteiger partial charge in [0, 0.05) is 42.6 Å². The van der Waals surface area contributed by atoms with E-state index >= 15 is 0 Å². The SMILES string of the molecule is CC(C)N(CCNC(=O)CCCCC1CCSS1)C(C)C. The highest BCUT2D eigenvalue weighted by atomic mass is 33.1. The standard InChI is InChI=1S/C16H32N2OS2/c1-13(2)18(14(3)4)11-10-17-16(19)8-6-5-7-15-9-12-20-21-15/h13-15H,5-12H2,1-4H3,(H,17,19). The number of nitrogens with one attached hydrogen (secondary N) is 1. The zero-order valence-corrected chi connectivity index (χ0v) is 15.7. The third-order valence-corrected chi connectivity index (χ3v) is 6.93. The zero-order valence-electron chi connectivity index (χ0n) is 14.1. The fourth-order valence-electron chi connectivity index (χ4n) is 2.75. The molecule has 0 saturated carbocycles. The Morgan fingerprint density at radius 2 is 1.95 bits per heavy atom. The molecule has 0 aromatic carbocycles. The van der Waals surface area contributed by atoms with E-state index < -0.39 is 0 Å². The molecule has 1 atom stereocenters. The van der Waals surface area contributed by atoms with Crippen molar-refractivity contribution in [3.05, 3.63) is 0 Å². The van der Waals surface area contributed by atoms with E-state index in [2.05, 4.69) is 37.9 Å². The van der Waals surface area contributed by atoms with E-state index in [0.717, 1.165) is 24.8 Å². The maximum Gasteiger partial charge on any atom is 0.220 e. The molecule has 1 heterocycles. The molecule has 1 rings (SSSR count). The van der Waals surface area contributed by atoms with Gasteiger partial charge in [-0.3, -0.25) is 9.69 Å². The van der Waals surface area contributed by atoms with Gasteiger partial charge in [-0.15, -0.1) is 0 Å². The lowest BCUT2D eigenvalue weighted by atomic mass is 10.1. The van der Waals surface area contributed by atoms with E-state index in [1.54, 1.807) is 0 Å². The summed E-state index contributed by atoms with van der Waals surface area (Å²) < 4.78 is 0. The molecule has 1 saturated heterocycles. The van der Waals surface area contributed by atoms with Gasteiger partial charge in [-0.05, 0) is 47.0 Å². The summed E-state index contributed by atoms with van der Waals surface area (Å²) in [6.45, 7) is 10.5. The molecule has 0 bridgehead atoms. The Morgan fingerprint density at radius 1 is 1.24 bits per heavy atom. The van der Waals surface area contributed by atoms with Crippen LogP contribution in [0, 0.1) is 0 Å². The third kappa shape index (κ3) is 8.36. The van der Waals surface area contributed by atoms with Crippen LogP contribution in [-0.2, 0) is 4.79 Å². The molecule has 1 N–H and O–H groups in total. The van der Waals surface area contributed by atoms with E-state index in [0.29, 0.717) is 18.5 Å². The number of carbonyl (C=O) groups is 1. The fraction of sp³-hybridized carbons (Fsp3) is 0.938. The van der Waals surface area contributed by atoms with Gasteiger partial charge in [-0.25, -0.2) is 0 Å². The quantitative estimate of drug-likeness (QED) is 0.485. The van der Waals surface area contributed by atoms with Gasteiger partial charge in [0.05, 0.1) is 0 Å². The summed E-state index contributed by atoms with van der Waals surface area (Å²) in [4.78, 5) is 14.2. The topological polar surface area (TPSA) is 32.3 Å². The van der Waals surface area contributed by atoms with Crippen molar-refractivity contribution in [3.8, 4) is 0 Å². The number of hydrogen-bond acceptors (Lipinski definition) is 4. The van der Waals surface area contributed by atoms with E-state index in [-0.39, 0.29) is 5.91 Å². The van der Waals surface area contributed by atoms with Gasteiger partial charge in [-0.1, -0.05) is 28.0 Å². The van der Waals surface area contributed by atoms with E-state index in [1.165, 1.54) is 25.0 Å². The normalized spacial score (nSPS) is 18.9. The summed E-state index contributed by atoms with van der Waals surface area (Å²) in [6.07, 6.45) is 5.54. The minimum absolute atomic E-state index is 0.218. The third-order valence-electron chi connectivity index (χ3n) is 3.93. The van der Waals surface area contributed by atoms with Crippen molar-refractivity contribution < 1.29 is 4.79 Å². The summed E-state index contributed by atoms with van der Waals surface area (Å²) in [5, 5.41) is 3.90. The van der Waals surface area contributed by atoms with Crippen molar-refractivity contribution in [1.82, 2.24) is 10.2 Å². The van der Waals surface area contributed by atoms with E-state index in [9.17, 15) is 4.79 Å². The molecule has 1 fully saturated rings. The minimum Gasteiger partial charge on any atom is -0.355 e. The van der Waals surface area contributed by atoms with Crippen molar-refractivity contribution >= 4 is 27.5 Å². The van der Waals surface area contributed by atoms with Gasteiger partial charge in [0.15, 0.2) is 0 Å². The molecule has 1 amide bonds. The van der Waals surface area contributed by atoms with Crippen molar-refractivity contribution in [1.29, 1.82) is 0 Å². The highest BCUT2D eigenvalue weighted by molar-refractivity contribution is 8.77. The Labute approximate surface area is 138 Å². The number of unbranched alkanes of at least 4 members (excludes halogenated alkanes) is 1. The first-order chi connectivity index (χ1) is 10.0. The lowest BCUT2D eigenvalue weighted by Crippen LogP contribution is -2.42. The van der Waals surface area contributed by atoms with Gasteiger partial charge in [-0.2, -0.15) is 0 Å². The Hall–Kier alpha value is 0.130. The lowest BCUT2D eigenvalue weighted by molar-refractivity contribution is -0.121. The van der Waals surface area contributed by atoms with Crippen LogP contribution in [-0.4, -0.2) is 47.0 Å². The predicted molar refractivity (Wildman–Crippen MR) is 96.9 cm³/mol. The van der Waals surface area contributed by atoms with Gasteiger partial charge in [0.1, 0.15) is 0 Å². The highest BCUT2D eigenvalue weighted by Gasteiger charge is 2.16. The Morgan fingerprint density at radius 3 is 2.52 bits per heavy atom. The van der Waals surface area contributed by atoms with Crippen molar-refractivity contribution in [2.75, 3.05) is 18.8 Å². The summed E-state index contributed by atoms with van der Waals surface area (Å²) in [5.41, 5.74) is 0. The van der Waals surface area contributed by atoms with Gasteiger partial charge in [0.25, 0.3) is 0 Å². The molecule has 21 heavy (non-hydrogen) atoms. The molecule has 5 heteroatoms. The maximum absolute atomic E-state index is 11.8. The van der Waals surface area contributed by atoms with Crippen LogP contribution >= 0.6 is 21.6 Å². The second-order valence-electron chi connectivity index (χ2n) is 6.35. The van der Waals surface area contributed by atoms with Crippen LogP contribution in [0.25, 0.3) is 0 Å². The Bertz CT molecular complexity index is 284. The average Bonchev–Trinajstić information content (AvgIpc) is 2.92. The smallest absolute Gasteiger partial charge is 0.220 e. The maximum atomic E-state index is 11.8. The Balaban J connectivity index is 2.02. The number of amides is 1. The predicted octanol–water partition coefficient (Wildman–Crippen LogP) is 3.94. The first-order valence-electron chi connectivity index (χ1n) is 8.31. The summed E-state index contributed by atoms with van der Waals surface area (Å²) in [7, 11) is 4.03. The molecule has 0 radical (unpaired) electrons. The Kier molecular flexibility index (Phi) is 9.85. The molecule has 0 aliphatic carbocycles. The summed E-state index contributed by atoms with van der Waals surface area (Å²) in [5.74, 6) is 1.52. The number of nitrogens with zero attached hydrogens (tertiary/aromatic N) is 1. The van der Waals surface area contributed by atoms with Crippen molar-refractivity contribution in [3.63, 3.8) is 0 Å². The van der Waals surface area contributed by atoms with Crippen LogP contribution in [0.2, 0.25) is 0 Å². The van der Waals surface area contributed by atoms with Gasteiger partial charge in [0.2, 0.25) is 5.91 Å². The number of carbonyl (C=O) groups excluding carboxylic acids is 1. The minimum atomic E-state index is 0.218. The average molecular weight is 333 g/mol. The molecule has 1 aliphatic rings. The van der Waals surface area contributed by atoms with E-state index in [1.807, 2.05) is 21.6 Å². The van der Waals surface area contributed by atoms with E-state index in [4.69, 9.17) is 0 Å². The van der Waals surface area contributed by atoms with Crippen LogP contribution in [0.15, 0.2) is 0 Å². The lowest BCUT2D eigenvalue weighted by Gasteiger charge is -2.30.